The average Bonchev–Trinajstić information content (AvgIpc) is 3.14. The van der Waals surface area contributed by atoms with E-state index in [4.69, 9.17) is 4.74 Å². The molecule has 2 aromatic carbocycles. The maximum atomic E-state index is 13.1. The Hall–Kier alpha value is -3.49. The topological polar surface area (TPSA) is 81.8 Å². The number of benzene rings is 2. The van der Waals surface area contributed by atoms with Gasteiger partial charge < -0.3 is 4.74 Å². The molecule has 0 aromatic heterocycles. The van der Waals surface area contributed by atoms with E-state index in [1.54, 1.807) is 6.92 Å². The number of alkyl halides is 3. The number of hydrogen-bond donors (Lipinski definition) is 0. The number of aliphatic imine (C=N–C) groups is 1. The van der Waals surface area contributed by atoms with E-state index in [1.807, 2.05) is 0 Å². The summed E-state index contributed by atoms with van der Waals surface area (Å²) in [4.78, 5) is 27.1. The van der Waals surface area contributed by atoms with Gasteiger partial charge in [-0.05, 0) is 36.3 Å². The van der Waals surface area contributed by atoms with E-state index in [0.717, 1.165) is 12.1 Å². The number of halogens is 3. The van der Waals surface area contributed by atoms with Crippen LogP contribution in [0.25, 0.3) is 0 Å². The molecule has 0 saturated carbocycles. The van der Waals surface area contributed by atoms with Gasteiger partial charge in [0.2, 0.25) is 5.75 Å². The molecule has 1 heterocycles. The summed E-state index contributed by atoms with van der Waals surface area (Å²) < 4.78 is 44.3. The lowest BCUT2D eigenvalue weighted by Gasteiger charge is -2.24. The fourth-order valence-electron chi connectivity index (χ4n) is 3.00. The SMILES string of the molecule is CCC1(c2cccc(C(F)(F)F)c2)C=C(C(=O)Oc2ccccc2[N+](=O)[O-])C=N1. The second kappa shape index (κ2) is 7.50. The number of ether oxygens (including phenoxy) is 1. The zero-order chi connectivity index (χ0) is 21.2. The number of nitro benzene ring substituents is 1. The van der Waals surface area contributed by atoms with Crippen molar-refractivity contribution in [3.63, 3.8) is 0 Å². The number of carbonyl (C=O) groups excluding carboxylic acids is 1. The monoisotopic (exact) mass is 404 g/mol. The van der Waals surface area contributed by atoms with Crippen molar-refractivity contribution in [3.8, 4) is 5.75 Å². The van der Waals surface area contributed by atoms with Gasteiger partial charge in [-0.25, -0.2) is 4.79 Å². The lowest BCUT2D eigenvalue weighted by molar-refractivity contribution is -0.385. The Bertz CT molecular complexity index is 1030. The minimum Gasteiger partial charge on any atom is -0.416 e. The van der Waals surface area contributed by atoms with Crippen LogP contribution in [0.2, 0.25) is 0 Å². The summed E-state index contributed by atoms with van der Waals surface area (Å²) in [5, 5.41) is 11.1. The predicted octanol–water partition coefficient (Wildman–Crippen LogP) is 4.84. The van der Waals surface area contributed by atoms with Crippen molar-refractivity contribution in [2.75, 3.05) is 0 Å². The third-order valence-corrected chi connectivity index (χ3v) is 4.56. The van der Waals surface area contributed by atoms with Crippen LogP contribution in [0, 0.1) is 10.1 Å². The Labute approximate surface area is 163 Å². The first kappa shape index (κ1) is 20.2. The van der Waals surface area contributed by atoms with Gasteiger partial charge in [-0.15, -0.1) is 0 Å². The van der Waals surface area contributed by atoms with Crippen molar-refractivity contribution in [1.29, 1.82) is 0 Å². The number of nitro groups is 1. The normalized spacial score (nSPS) is 18.4. The molecule has 0 fully saturated rings. The van der Waals surface area contributed by atoms with Crippen molar-refractivity contribution >= 4 is 17.9 Å². The largest absolute Gasteiger partial charge is 0.416 e. The van der Waals surface area contributed by atoms with E-state index < -0.39 is 28.2 Å². The van der Waals surface area contributed by atoms with Crippen molar-refractivity contribution < 1.29 is 27.6 Å². The van der Waals surface area contributed by atoms with Crippen molar-refractivity contribution in [1.82, 2.24) is 0 Å². The van der Waals surface area contributed by atoms with E-state index in [-0.39, 0.29) is 22.6 Å². The highest BCUT2D eigenvalue weighted by Crippen LogP contribution is 2.39. The van der Waals surface area contributed by atoms with Gasteiger partial charge in [-0.1, -0.05) is 31.2 Å². The molecule has 0 aliphatic carbocycles. The first-order chi connectivity index (χ1) is 13.7. The Morgan fingerprint density at radius 2 is 1.93 bits per heavy atom. The maximum Gasteiger partial charge on any atom is 0.416 e. The Morgan fingerprint density at radius 3 is 2.59 bits per heavy atom. The van der Waals surface area contributed by atoms with Crippen LogP contribution in [0.15, 0.2) is 65.2 Å². The quantitative estimate of drug-likeness (QED) is 0.309. The zero-order valence-corrected chi connectivity index (χ0v) is 15.1. The van der Waals surface area contributed by atoms with Crippen LogP contribution in [-0.4, -0.2) is 17.1 Å². The molecule has 3 rings (SSSR count). The first-order valence-corrected chi connectivity index (χ1v) is 8.58. The van der Waals surface area contributed by atoms with E-state index in [0.29, 0.717) is 6.42 Å². The highest BCUT2D eigenvalue weighted by atomic mass is 19.4. The summed E-state index contributed by atoms with van der Waals surface area (Å²) in [6.45, 7) is 1.73. The van der Waals surface area contributed by atoms with Crippen LogP contribution < -0.4 is 4.74 Å². The molecule has 0 saturated heterocycles. The molecule has 0 amide bonds. The molecular formula is C20H15F3N2O4. The molecule has 0 spiro atoms. The molecule has 6 nitrogen and oxygen atoms in total. The molecule has 29 heavy (non-hydrogen) atoms. The fourth-order valence-corrected chi connectivity index (χ4v) is 3.00. The smallest absolute Gasteiger partial charge is 0.416 e. The first-order valence-electron chi connectivity index (χ1n) is 8.58. The van der Waals surface area contributed by atoms with Crippen LogP contribution in [0.5, 0.6) is 5.75 Å². The average molecular weight is 404 g/mol. The van der Waals surface area contributed by atoms with Crippen molar-refractivity contribution in [2.45, 2.75) is 25.1 Å². The molecule has 1 atom stereocenters. The summed E-state index contributed by atoms with van der Waals surface area (Å²) in [7, 11) is 0. The van der Waals surface area contributed by atoms with Crippen LogP contribution in [-0.2, 0) is 16.5 Å². The molecule has 1 aliphatic heterocycles. The molecule has 1 unspecified atom stereocenters. The van der Waals surface area contributed by atoms with Gasteiger partial charge in [0.05, 0.1) is 16.1 Å². The summed E-state index contributed by atoms with van der Waals surface area (Å²) in [5.41, 5.74) is -2.07. The van der Waals surface area contributed by atoms with Crippen LogP contribution in [0.3, 0.4) is 0 Å². The van der Waals surface area contributed by atoms with Gasteiger partial charge in [0.1, 0.15) is 5.54 Å². The molecule has 1 aliphatic rings. The number of hydrogen-bond acceptors (Lipinski definition) is 5. The highest BCUT2D eigenvalue weighted by Gasteiger charge is 2.36. The van der Waals surface area contributed by atoms with Gasteiger partial charge >= 0.3 is 17.8 Å². The molecular weight excluding hydrogens is 389 g/mol. The zero-order valence-electron chi connectivity index (χ0n) is 15.1. The van der Waals surface area contributed by atoms with Gasteiger partial charge in [0.15, 0.2) is 0 Å². The number of carbonyl (C=O) groups is 1. The number of nitrogens with zero attached hydrogens (tertiary/aromatic N) is 2. The second-order valence-corrected chi connectivity index (χ2v) is 6.33. The Kier molecular flexibility index (Phi) is 5.23. The summed E-state index contributed by atoms with van der Waals surface area (Å²) in [6.07, 6.45) is -1.58. The molecule has 0 bridgehead atoms. The molecule has 0 radical (unpaired) electrons. The van der Waals surface area contributed by atoms with Gasteiger partial charge in [-0.3, -0.25) is 15.1 Å². The van der Waals surface area contributed by atoms with E-state index >= 15 is 0 Å². The minimum atomic E-state index is -4.51. The number of rotatable bonds is 5. The van der Waals surface area contributed by atoms with Crippen molar-refractivity contribution in [3.05, 3.63) is 81.4 Å². The van der Waals surface area contributed by atoms with Crippen molar-refractivity contribution in [2.24, 2.45) is 4.99 Å². The van der Waals surface area contributed by atoms with Gasteiger partial charge in [-0.2, -0.15) is 13.2 Å². The summed E-state index contributed by atoms with van der Waals surface area (Å²) >= 11 is 0. The Balaban J connectivity index is 1.91. The minimum absolute atomic E-state index is 0.00223. The number of para-hydroxylation sites is 2. The third kappa shape index (κ3) is 4.03. The Morgan fingerprint density at radius 1 is 1.21 bits per heavy atom. The van der Waals surface area contributed by atoms with Crippen LogP contribution in [0.4, 0.5) is 18.9 Å². The second-order valence-electron chi connectivity index (χ2n) is 6.33. The lowest BCUT2D eigenvalue weighted by atomic mass is 9.87. The van der Waals surface area contributed by atoms with Gasteiger partial charge in [0.25, 0.3) is 0 Å². The summed E-state index contributed by atoms with van der Waals surface area (Å²) in [6, 6.07) is 10.1. The molecule has 9 heteroatoms. The molecule has 0 N–H and O–H groups in total. The van der Waals surface area contributed by atoms with E-state index in [1.165, 1.54) is 48.7 Å². The van der Waals surface area contributed by atoms with Gasteiger partial charge in [0, 0.05) is 12.3 Å². The van der Waals surface area contributed by atoms with Crippen LogP contribution in [0.1, 0.15) is 24.5 Å². The predicted molar refractivity (Wildman–Crippen MR) is 98.7 cm³/mol. The maximum absolute atomic E-state index is 13.1. The lowest BCUT2D eigenvalue weighted by Crippen LogP contribution is -2.19. The summed E-state index contributed by atoms with van der Waals surface area (Å²) in [5.74, 6) is -1.12. The van der Waals surface area contributed by atoms with Crippen LogP contribution >= 0.6 is 0 Å². The molecule has 2 aromatic rings. The fraction of sp³-hybridized carbons (Fsp3) is 0.200. The number of esters is 1. The molecule has 150 valence electrons. The van der Waals surface area contributed by atoms with E-state index in [2.05, 4.69) is 4.99 Å². The standard InChI is InChI=1S/C20H15F3N2O4/c1-2-19(14-6-5-7-15(10-14)20(21,22)23)11-13(12-24-19)18(26)29-17-9-4-3-8-16(17)25(27)28/h3-12H,2H2,1H3. The third-order valence-electron chi connectivity index (χ3n) is 4.56. The van der Waals surface area contributed by atoms with E-state index in [9.17, 15) is 28.1 Å². The highest BCUT2D eigenvalue weighted by molar-refractivity contribution is 6.12.